The van der Waals surface area contributed by atoms with Crippen LogP contribution in [-0.4, -0.2) is 54.9 Å². The fourth-order valence-electron chi connectivity index (χ4n) is 3.57. The predicted molar refractivity (Wildman–Crippen MR) is 86.4 cm³/mol. The third-order valence-electron chi connectivity index (χ3n) is 4.74. The van der Waals surface area contributed by atoms with Crippen molar-refractivity contribution in [3.8, 4) is 11.5 Å². The van der Waals surface area contributed by atoms with Crippen molar-refractivity contribution in [3.05, 3.63) is 12.1 Å². The highest BCUT2D eigenvalue weighted by molar-refractivity contribution is 7.22. The molecule has 1 aromatic heterocycles. The number of aromatic nitrogens is 1. The van der Waals surface area contributed by atoms with Crippen LogP contribution in [0.15, 0.2) is 12.1 Å². The number of nitrogens with one attached hydrogen (secondary N) is 1. The normalized spacial score (nSPS) is 26.7. The van der Waals surface area contributed by atoms with E-state index < -0.39 is 0 Å². The Morgan fingerprint density at radius 1 is 1.39 bits per heavy atom. The van der Waals surface area contributed by atoms with Gasteiger partial charge >= 0.3 is 6.03 Å². The first-order valence-corrected chi connectivity index (χ1v) is 8.50. The van der Waals surface area contributed by atoms with Gasteiger partial charge in [0.25, 0.3) is 0 Å². The van der Waals surface area contributed by atoms with Crippen LogP contribution in [0.1, 0.15) is 6.42 Å². The van der Waals surface area contributed by atoms with Crippen molar-refractivity contribution in [3.63, 3.8) is 0 Å². The SMILES string of the molecule is CN1CC[C@@H]2NC(=O)N(c3nc4c5c(ccc4s3)OCO5)[C@@H]2C1. The molecule has 2 fully saturated rings. The Labute approximate surface area is 136 Å². The number of thiazole rings is 1. The fraction of sp³-hybridized carbons (Fsp3) is 0.467. The van der Waals surface area contributed by atoms with Gasteiger partial charge in [0.1, 0.15) is 5.52 Å². The Hall–Kier alpha value is -2.06. The number of amides is 2. The smallest absolute Gasteiger partial charge is 0.324 e. The summed E-state index contributed by atoms with van der Waals surface area (Å²) in [5.74, 6) is 1.40. The molecule has 1 N–H and O–H groups in total. The molecule has 4 heterocycles. The summed E-state index contributed by atoms with van der Waals surface area (Å²) in [5.41, 5.74) is 0.778. The zero-order chi connectivity index (χ0) is 15.6. The van der Waals surface area contributed by atoms with Crippen molar-refractivity contribution in [2.75, 3.05) is 31.8 Å². The van der Waals surface area contributed by atoms with Gasteiger partial charge in [-0.1, -0.05) is 11.3 Å². The number of likely N-dealkylation sites (N-methyl/N-ethyl adjacent to an activating group) is 1. The number of likely N-dealkylation sites (tertiary alicyclic amines) is 1. The van der Waals surface area contributed by atoms with E-state index in [1.165, 1.54) is 11.3 Å². The molecule has 23 heavy (non-hydrogen) atoms. The summed E-state index contributed by atoms with van der Waals surface area (Å²) in [6.07, 6.45) is 0.973. The van der Waals surface area contributed by atoms with Crippen LogP contribution in [0, 0.1) is 0 Å². The summed E-state index contributed by atoms with van der Waals surface area (Å²) in [4.78, 5) is 21.2. The lowest BCUT2D eigenvalue weighted by atomic mass is 10.0. The molecule has 3 aliphatic rings. The van der Waals surface area contributed by atoms with Crippen LogP contribution in [0.25, 0.3) is 10.2 Å². The average Bonchev–Trinajstić information content (AvgIpc) is 3.20. The molecule has 1 aromatic carbocycles. The van der Waals surface area contributed by atoms with Crippen molar-refractivity contribution in [2.24, 2.45) is 0 Å². The Kier molecular flexibility index (Phi) is 2.75. The van der Waals surface area contributed by atoms with Crippen molar-refractivity contribution in [1.29, 1.82) is 0 Å². The number of benzene rings is 1. The number of hydrogen-bond donors (Lipinski definition) is 1. The highest BCUT2D eigenvalue weighted by Gasteiger charge is 2.44. The molecular formula is C15H16N4O3S. The standard InChI is InChI=1S/C15H16N4O3S/c1-18-5-4-8-9(6-18)19(14(20)16-8)15-17-12-11(23-15)3-2-10-13(12)22-7-21-10/h2-3,8-9H,4-7H2,1H3,(H,16,20)/t8-,9+/m0/s1. The first-order chi connectivity index (χ1) is 11.2. The number of carbonyl (C=O) groups is 1. The van der Waals surface area contributed by atoms with Crippen molar-refractivity contribution >= 4 is 32.7 Å². The summed E-state index contributed by atoms with van der Waals surface area (Å²) in [6, 6.07) is 4.15. The van der Waals surface area contributed by atoms with Gasteiger partial charge in [-0.3, -0.25) is 4.90 Å². The van der Waals surface area contributed by atoms with Crippen LogP contribution >= 0.6 is 11.3 Å². The molecule has 3 aliphatic heterocycles. The van der Waals surface area contributed by atoms with Crippen LogP contribution in [-0.2, 0) is 0 Å². The summed E-state index contributed by atoms with van der Waals surface area (Å²) in [7, 11) is 2.09. The van der Waals surface area contributed by atoms with Gasteiger partial charge in [-0.25, -0.2) is 9.78 Å². The number of anilines is 1. The lowest BCUT2D eigenvalue weighted by Crippen LogP contribution is -2.50. The van der Waals surface area contributed by atoms with E-state index in [2.05, 4.69) is 17.3 Å². The van der Waals surface area contributed by atoms with Crippen LogP contribution in [0.5, 0.6) is 11.5 Å². The maximum absolute atomic E-state index is 12.5. The fourth-order valence-corrected chi connectivity index (χ4v) is 4.60. The molecule has 2 saturated heterocycles. The molecule has 5 rings (SSSR count). The van der Waals surface area contributed by atoms with E-state index in [0.717, 1.165) is 40.6 Å². The molecule has 7 nitrogen and oxygen atoms in total. The second kappa shape index (κ2) is 4.72. The maximum atomic E-state index is 12.5. The van der Waals surface area contributed by atoms with Gasteiger partial charge < -0.3 is 19.7 Å². The number of hydrogen-bond acceptors (Lipinski definition) is 6. The minimum absolute atomic E-state index is 0.0526. The maximum Gasteiger partial charge on any atom is 0.324 e. The zero-order valence-electron chi connectivity index (χ0n) is 12.6. The highest BCUT2D eigenvalue weighted by Crippen LogP contribution is 2.43. The number of nitrogens with zero attached hydrogens (tertiary/aromatic N) is 3. The second-order valence-corrected chi connectivity index (χ2v) is 7.20. The quantitative estimate of drug-likeness (QED) is 0.860. The first kappa shape index (κ1) is 13.4. The molecule has 0 radical (unpaired) electrons. The highest BCUT2D eigenvalue weighted by atomic mass is 32.1. The predicted octanol–water partition coefficient (Wildman–Crippen LogP) is 1.63. The molecule has 0 saturated carbocycles. The number of rotatable bonds is 1. The molecule has 0 unspecified atom stereocenters. The lowest BCUT2D eigenvalue weighted by Gasteiger charge is -2.34. The largest absolute Gasteiger partial charge is 0.454 e. The van der Waals surface area contributed by atoms with Crippen LogP contribution in [0.4, 0.5) is 9.93 Å². The van der Waals surface area contributed by atoms with Crippen molar-refractivity contribution in [1.82, 2.24) is 15.2 Å². The molecular weight excluding hydrogens is 316 g/mol. The number of carbonyl (C=O) groups excluding carboxylic acids is 1. The van der Waals surface area contributed by atoms with Gasteiger partial charge in [0.15, 0.2) is 16.6 Å². The lowest BCUT2D eigenvalue weighted by molar-refractivity contribution is 0.174. The molecule has 2 atom stereocenters. The van der Waals surface area contributed by atoms with E-state index in [0.29, 0.717) is 5.75 Å². The average molecular weight is 332 g/mol. The van der Waals surface area contributed by atoms with Gasteiger partial charge in [-0.05, 0) is 32.1 Å². The van der Waals surface area contributed by atoms with Gasteiger partial charge in [0.2, 0.25) is 6.79 Å². The van der Waals surface area contributed by atoms with Gasteiger partial charge in [-0.2, -0.15) is 0 Å². The van der Waals surface area contributed by atoms with E-state index >= 15 is 0 Å². The van der Waals surface area contributed by atoms with Gasteiger partial charge in [0, 0.05) is 6.54 Å². The Bertz CT molecular complexity index is 807. The van der Waals surface area contributed by atoms with Crippen LogP contribution in [0.2, 0.25) is 0 Å². The van der Waals surface area contributed by atoms with E-state index in [-0.39, 0.29) is 24.9 Å². The van der Waals surface area contributed by atoms with E-state index in [1.807, 2.05) is 17.0 Å². The van der Waals surface area contributed by atoms with Crippen LogP contribution in [0.3, 0.4) is 0 Å². The monoisotopic (exact) mass is 332 g/mol. The molecule has 0 spiro atoms. The van der Waals surface area contributed by atoms with Gasteiger partial charge in [0.05, 0.1) is 16.8 Å². The van der Waals surface area contributed by atoms with Crippen molar-refractivity contribution < 1.29 is 14.3 Å². The summed E-state index contributed by atoms with van der Waals surface area (Å²) >= 11 is 1.52. The molecule has 2 aromatic rings. The second-order valence-electron chi connectivity index (χ2n) is 6.19. The third-order valence-corrected chi connectivity index (χ3v) is 5.76. The molecule has 0 aliphatic carbocycles. The van der Waals surface area contributed by atoms with E-state index in [4.69, 9.17) is 14.5 Å². The number of urea groups is 1. The zero-order valence-corrected chi connectivity index (χ0v) is 13.4. The number of ether oxygens (including phenoxy) is 2. The molecule has 8 heteroatoms. The van der Waals surface area contributed by atoms with E-state index in [9.17, 15) is 4.79 Å². The Balaban J connectivity index is 1.58. The minimum Gasteiger partial charge on any atom is -0.454 e. The summed E-state index contributed by atoms with van der Waals surface area (Å²) in [5, 5.41) is 3.82. The molecule has 120 valence electrons. The Morgan fingerprint density at radius 3 is 3.22 bits per heavy atom. The van der Waals surface area contributed by atoms with Crippen molar-refractivity contribution in [2.45, 2.75) is 18.5 Å². The molecule has 2 amide bonds. The van der Waals surface area contributed by atoms with E-state index in [1.54, 1.807) is 0 Å². The number of fused-ring (bicyclic) bond motifs is 4. The van der Waals surface area contributed by atoms with Gasteiger partial charge in [-0.15, -0.1) is 0 Å². The summed E-state index contributed by atoms with van der Waals surface area (Å²) < 4.78 is 11.9. The third kappa shape index (κ3) is 1.91. The number of piperidine rings is 1. The topological polar surface area (TPSA) is 66.9 Å². The molecule has 0 bridgehead atoms. The first-order valence-electron chi connectivity index (χ1n) is 7.68. The summed E-state index contributed by atoms with van der Waals surface area (Å²) in [6.45, 7) is 2.09. The minimum atomic E-state index is -0.0526. The Morgan fingerprint density at radius 2 is 2.30 bits per heavy atom. The van der Waals surface area contributed by atoms with Crippen LogP contribution < -0.4 is 19.7 Å².